The molecule has 4 aromatic rings. The lowest BCUT2D eigenvalue weighted by atomic mass is 10.2. The molecule has 5 heterocycles. The van der Waals surface area contributed by atoms with E-state index in [1.807, 2.05) is 24.3 Å². The van der Waals surface area contributed by atoms with E-state index in [1.54, 1.807) is 10.7 Å². The van der Waals surface area contributed by atoms with Gasteiger partial charge in [-0.2, -0.15) is 19.6 Å². The zero-order valence-electron chi connectivity index (χ0n) is 14.8. The van der Waals surface area contributed by atoms with E-state index in [0.29, 0.717) is 24.5 Å². The number of hydrogen-bond donors (Lipinski definition) is 2. The number of morpholine rings is 1. The number of benzene rings is 1. The van der Waals surface area contributed by atoms with Gasteiger partial charge in [-0.3, -0.25) is 0 Å². The van der Waals surface area contributed by atoms with Crippen molar-refractivity contribution in [1.82, 2.24) is 29.5 Å². The molecule has 2 saturated heterocycles. The van der Waals surface area contributed by atoms with E-state index in [4.69, 9.17) is 14.7 Å². The van der Waals surface area contributed by atoms with E-state index in [2.05, 4.69) is 41.2 Å². The molecule has 2 fully saturated rings. The molecule has 0 aliphatic carbocycles. The maximum Gasteiger partial charge on any atom is 0.231 e. The molecule has 1 aromatic carbocycles. The molecular formula is C18H17BrN8O. The highest BCUT2D eigenvalue weighted by Gasteiger charge is 2.40. The second kappa shape index (κ2) is 6.14. The van der Waals surface area contributed by atoms with Crippen LogP contribution in [0.3, 0.4) is 0 Å². The number of nitrogens with one attached hydrogen (secondary N) is 2. The summed E-state index contributed by atoms with van der Waals surface area (Å²) < 4.78 is 8.26. The van der Waals surface area contributed by atoms with Crippen LogP contribution in [-0.2, 0) is 11.3 Å². The van der Waals surface area contributed by atoms with Crippen LogP contribution in [-0.4, -0.2) is 54.8 Å². The number of aromatic amines is 1. The zero-order chi connectivity index (χ0) is 18.7. The Morgan fingerprint density at radius 3 is 3.00 bits per heavy atom. The number of imidazole rings is 1. The molecule has 3 aromatic heterocycles. The fraction of sp³-hybridized carbons (Fsp3) is 0.333. The predicted octanol–water partition coefficient (Wildman–Crippen LogP) is 2.35. The smallest absolute Gasteiger partial charge is 0.231 e. The third kappa shape index (κ3) is 2.55. The average molecular weight is 441 g/mol. The van der Waals surface area contributed by atoms with Crippen molar-refractivity contribution in [3.63, 3.8) is 0 Å². The molecule has 0 amide bonds. The largest absolute Gasteiger partial charge is 0.374 e. The number of para-hydroxylation sites is 2. The number of rotatable bonds is 4. The van der Waals surface area contributed by atoms with E-state index in [9.17, 15) is 0 Å². The third-order valence-corrected chi connectivity index (χ3v) is 5.88. The van der Waals surface area contributed by atoms with Crippen LogP contribution >= 0.6 is 15.9 Å². The van der Waals surface area contributed by atoms with Crippen LogP contribution in [0.4, 0.5) is 11.9 Å². The summed E-state index contributed by atoms with van der Waals surface area (Å²) in [5, 5.41) is 7.76. The molecule has 9 nitrogen and oxygen atoms in total. The predicted molar refractivity (Wildman–Crippen MR) is 107 cm³/mol. The van der Waals surface area contributed by atoms with Gasteiger partial charge in [0, 0.05) is 6.54 Å². The first-order valence-corrected chi connectivity index (χ1v) is 10.0. The van der Waals surface area contributed by atoms with Gasteiger partial charge < -0.3 is 19.9 Å². The van der Waals surface area contributed by atoms with Crippen molar-refractivity contribution < 1.29 is 4.74 Å². The lowest BCUT2D eigenvalue weighted by Crippen LogP contribution is -2.38. The zero-order valence-corrected chi connectivity index (χ0v) is 16.4. The number of hydrogen-bond acceptors (Lipinski definition) is 7. The van der Waals surface area contributed by atoms with Crippen molar-refractivity contribution in [1.29, 1.82) is 0 Å². The summed E-state index contributed by atoms with van der Waals surface area (Å²) in [5.74, 6) is 2.18. The van der Waals surface area contributed by atoms with Crippen molar-refractivity contribution >= 4 is 44.5 Å². The van der Waals surface area contributed by atoms with Crippen LogP contribution in [0.25, 0.3) is 16.7 Å². The Morgan fingerprint density at radius 2 is 2.18 bits per heavy atom. The van der Waals surface area contributed by atoms with Crippen LogP contribution in [0.5, 0.6) is 0 Å². The molecule has 2 atom stereocenters. The van der Waals surface area contributed by atoms with Gasteiger partial charge in [-0.05, 0) is 34.5 Å². The van der Waals surface area contributed by atoms with Crippen LogP contribution < -0.4 is 10.2 Å². The highest BCUT2D eigenvalue weighted by Crippen LogP contribution is 2.32. The molecule has 28 heavy (non-hydrogen) atoms. The minimum absolute atomic E-state index is 0.283. The van der Waals surface area contributed by atoms with E-state index in [1.165, 1.54) is 0 Å². The summed E-state index contributed by atoms with van der Waals surface area (Å²) in [6, 6.07) is 8.33. The second-order valence-electron chi connectivity index (χ2n) is 7.13. The molecule has 6 rings (SSSR count). The van der Waals surface area contributed by atoms with Crippen LogP contribution in [0.2, 0.25) is 0 Å². The lowest BCUT2D eigenvalue weighted by molar-refractivity contribution is 0.0986. The average Bonchev–Trinajstić information content (AvgIpc) is 3.49. The number of H-pyrrole nitrogens is 1. The van der Waals surface area contributed by atoms with Crippen LogP contribution in [0, 0.1) is 0 Å². The highest BCUT2D eigenvalue weighted by molar-refractivity contribution is 9.10. The quantitative estimate of drug-likeness (QED) is 0.502. The van der Waals surface area contributed by atoms with Crippen molar-refractivity contribution in [2.75, 3.05) is 23.4 Å². The number of anilines is 2. The van der Waals surface area contributed by atoms with E-state index in [-0.39, 0.29) is 6.10 Å². The van der Waals surface area contributed by atoms with Crippen molar-refractivity contribution in [3.8, 4) is 0 Å². The standard InChI is InChI=1S/C18H17BrN8O/c19-12-6-21-27-16(12)24-18(26-8-11-5-10(26)9-28-11)25-17(27)20-7-15-22-13-3-1-2-4-14(13)23-15/h1-4,6,10-11H,5,7-9H2,(H,22,23)(H,20,24,25)/t10-,11-/m1/s1. The Morgan fingerprint density at radius 1 is 1.25 bits per heavy atom. The van der Waals surface area contributed by atoms with E-state index in [0.717, 1.165) is 46.6 Å². The normalized spacial score (nSPS) is 21.2. The lowest BCUT2D eigenvalue weighted by Gasteiger charge is -2.27. The van der Waals surface area contributed by atoms with E-state index >= 15 is 0 Å². The monoisotopic (exact) mass is 440 g/mol. The minimum Gasteiger partial charge on any atom is -0.374 e. The number of halogens is 1. The molecular weight excluding hydrogens is 424 g/mol. The molecule has 0 spiro atoms. The van der Waals surface area contributed by atoms with Gasteiger partial charge in [0.15, 0.2) is 5.65 Å². The topological polar surface area (TPSA) is 96.3 Å². The SMILES string of the molecule is Brc1cnn2c(NCc3nc4ccccc4[nH]3)nc(N3C[C@H]4C[C@@H]3CO4)nc12. The Bertz CT molecular complexity index is 1150. The fourth-order valence-corrected chi connectivity index (χ4v) is 4.33. The first-order valence-electron chi connectivity index (χ1n) is 9.21. The summed E-state index contributed by atoms with van der Waals surface area (Å²) in [4.78, 5) is 19.7. The first kappa shape index (κ1) is 16.3. The molecule has 142 valence electrons. The fourth-order valence-electron chi connectivity index (χ4n) is 3.98. The van der Waals surface area contributed by atoms with E-state index < -0.39 is 0 Å². The van der Waals surface area contributed by atoms with Crippen LogP contribution in [0.15, 0.2) is 34.9 Å². The van der Waals surface area contributed by atoms with Gasteiger partial charge in [-0.1, -0.05) is 12.1 Å². The molecule has 0 unspecified atom stereocenters. The van der Waals surface area contributed by atoms with Crippen molar-refractivity contribution in [3.05, 3.63) is 40.8 Å². The Balaban J connectivity index is 1.34. The summed E-state index contributed by atoms with van der Waals surface area (Å²) in [6.07, 6.45) is 3.06. The molecule has 0 radical (unpaired) electrons. The number of nitrogens with zero attached hydrogens (tertiary/aromatic N) is 6. The highest BCUT2D eigenvalue weighted by atomic mass is 79.9. The van der Waals surface area contributed by atoms with Gasteiger partial charge in [0.2, 0.25) is 11.9 Å². The maximum absolute atomic E-state index is 5.71. The van der Waals surface area contributed by atoms with Gasteiger partial charge in [-0.15, -0.1) is 0 Å². The Labute approximate surface area is 168 Å². The van der Waals surface area contributed by atoms with Gasteiger partial charge in [-0.25, -0.2) is 4.98 Å². The first-order chi connectivity index (χ1) is 13.7. The number of aromatic nitrogens is 6. The summed E-state index contributed by atoms with van der Waals surface area (Å²) >= 11 is 3.54. The molecule has 2 bridgehead atoms. The summed E-state index contributed by atoms with van der Waals surface area (Å²) in [7, 11) is 0. The number of ether oxygens (including phenoxy) is 1. The molecule has 10 heteroatoms. The maximum atomic E-state index is 5.71. The Hall–Kier alpha value is -2.72. The van der Waals surface area contributed by atoms with Gasteiger partial charge in [0.05, 0.1) is 47.0 Å². The van der Waals surface area contributed by atoms with Crippen molar-refractivity contribution in [2.24, 2.45) is 0 Å². The summed E-state index contributed by atoms with van der Waals surface area (Å²) in [6.45, 7) is 2.07. The molecule has 0 saturated carbocycles. The minimum atomic E-state index is 0.283. The van der Waals surface area contributed by atoms with Gasteiger partial charge in [0.25, 0.3) is 0 Å². The third-order valence-electron chi connectivity index (χ3n) is 5.32. The molecule has 2 aliphatic heterocycles. The molecule has 2 aliphatic rings. The van der Waals surface area contributed by atoms with Gasteiger partial charge in [0.1, 0.15) is 5.82 Å². The van der Waals surface area contributed by atoms with Crippen LogP contribution in [0.1, 0.15) is 12.2 Å². The van der Waals surface area contributed by atoms with Crippen molar-refractivity contribution in [2.45, 2.75) is 25.1 Å². The summed E-state index contributed by atoms with van der Waals surface area (Å²) in [5.41, 5.74) is 2.70. The Kier molecular flexibility index (Phi) is 3.57. The number of fused-ring (bicyclic) bond motifs is 4. The van der Waals surface area contributed by atoms with Gasteiger partial charge >= 0.3 is 0 Å². The molecule has 2 N–H and O–H groups in total. The second-order valence-corrected chi connectivity index (χ2v) is 7.98.